The van der Waals surface area contributed by atoms with Crippen molar-refractivity contribution < 1.29 is 0 Å². The molecule has 2 rings (SSSR count). The molecule has 88 valence electrons. The lowest BCUT2D eigenvalue weighted by atomic mass is 9.86. The lowest BCUT2D eigenvalue weighted by molar-refractivity contribution is 0.380. The summed E-state index contributed by atoms with van der Waals surface area (Å²) in [7, 11) is 1.78. The molecule has 1 aromatic rings. The summed E-state index contributed by atoms with van der Waals surface area (Å²) in [6.45, 7) is 7.01. The van der Waals surface area contributed by atoms with E-state index in [0.29, 0.717) is 6.04 Å². The summed E-state index contributed by atoms with van der Waals surface area (Å²) in [5, 5.41) is 15.6. The van der Waals surface area contributed by atoms with E-state index in [9.17, 15) is 0 Å². The Kier molecular flexibility index (Phi) is 3.05. The van der Waals surface area contributed by atoms with Gasteiger partial charge in [-0.25, -0.2) is 0 Å². The number of hydrogen-bond donors (Lipinski definition) is 1. The van der Waals surface area contributed by atoms with Crippen molar-refractivity contribution in [2.24, 2.45) is 12.5 Å². The third kappa shape index (κ3) is 2.88. The highest BCUT2D eigenvalue weighted by Crippen LogP contribution is 2.25. The minimum Gasteiger partial charge on any atom is -0.313 e. The monoisotopic (exact) mass is 221 g/mol. The van der Waals surface area contributed by atoms with Gasteiger partial charge in [-0.1, -0.05) is 13.0 Å². The highest BCUT2D eigenvalue weighted by molar-refractivity contribution is 5.01. The van der Waals surface area contributed by atoms with Gasteiger partial charge in [-0.15, -0.1) is 16.8 Å². The molecule has 1 heterocycles. The zero-order valence-electron chi connectivity index (χ0n) is 9.98. The standard InChI is InChI=1S/C11H19N5/c1-4-11(2,8-12-9-5-6-9)7-10-13-15-16(3)14-10/h4,9,12H,1,5-8H2,2-3H3. The smallest absolute Gasteiger partial charge is 0.175 e. The van der Waals surface area contributed by atoms with Crippen molar-refractivity contribution in [1.29, 1.82) is 0 Å². The molecule has 0 saturated heterocycles. The molecule has 0 bridgehead atoms. The molecule has 1 aliphatic carbocycles. The molecule has 1 N–H and O–H groups in total. The lowest BCUT2D eigenvalue weighted by Gasteiger charge is -2.24. The molecule has 1 aliphatic rings. The van der Waals surface area contributed by atoms with Gasteiger partial charge >= 0.3 is 0 Å². The van der Waals surface area contributed by atoms with E-state index < -0.39 is 0 Å². The van der Waals surface area contributed by atoms with Crippen LogP contribution < -0.4 is 5.32 Å². The van der Waals surface area contributed by atoms with Crippen molar-refractivity contribution >= 4 is 0 Å². The van der Waals surface area contributed by atoms with Crippen molar-refractivity contribution in [2.45, 2.75) is 32.2 Å². The zero-order chi connectivity index (χ0) is 11.6. The van der Waals surface area contributed by atoms with Crippen LogP contribution in [0.3, 0.4) is 0 Å². The summed E-state index contributed by atoms with van der Waals surface area (Å²) in [4.78, 5) is 1.49. The summed E-state index contributed by atoms with van der Waals surface area (Å²) in [5.41, 5.74) is 0.00558. The Morgan fingerprint density at radius 3 is 2.88 bits per heavy atom. The molecule has 16 heavy (non-hydrogen) atoms. The highest BCUT2D eigenvalue weighted by Gasteiger charge is 2.27. The summed E-state index contributed by atoms with van der Waals surface area (Å²) in [6, 6.07) is 0.717. The molecule has 5 nitrogen and oxygen atoms in total. The van der Waals surface area contributed by atoms with Gasteiger partial charge in [-0.3, -0.25) is 0 Å². The maximum atomic E-state index is 4.21. The predicted octanol–water partition coefficient (Wildman–Crippen LogP) is 0.697. The van der Waals surface area contributed by atoms with Gasteiger partial charge < -0.3 is 5.32 Å². The summed E-state index contributed by atoms with van der Waals surface area (Å²) in [6.07, 6.45) is 5.37. The minimum atomic E-state index is 0.00558. The van der Waals surface area contributed by atoms with Crippen molar-refractivity contribution in [3.8, 4) is 0 Å². The molecule has 1 unspecified atom stereocenters. The molecule has 5 heteroatoms. The van der Waals surface area contributed by atoms with Crippen LogP contribution in [0.5, 0.6) is 0 Å². The van der Waals surface area contributed by atoms with Gasteiger partial charge in [0.1, 0.15) is 0 Å². The van der Waals surface area contributed by atoms with Gasteiger partial charge in [-0.2, -0.15) is 4.80 Å². The first kappa shape index (κ1) is 11.3. The van der Waals surface area contributed by atoms with Crippen LogP contribution in [-0.2, 0) is 13.5 Å². The maximum absolute atomic E-state index is 4.21. The fourth-order valence-corrected chi connectivity index (χ4v) is 1.63. The number of aryl methyl sites for hydroxylation is 1. The van der Waals surface area contributed by atoms with E-state index in [-0.39, 0.29) is 5.41 Å². The van der Waals surface area contributed by atoms with Crippen molar-refractivity contribution in [2.75, 3.05) is 6.54 Å². The number of hydrogen-bond acceptors (Lipinski definition) is 4. The zero-order valence-corrected chi connectivity index (χ0v) is 9.98. The van der Waals surface area contributed by atoms with Gasteiger partial charge in [0.15, 0.2) is 5.82 Å². The third-order valence-corrected chi connectivity index (χ3v) is 2.98. The van der Waals surface area contributed by atoms with E-state index in [4.69, 9.17) is 0 Å². The Morgan fingerprint density at radius 2 is 2.38 bits per heavy atom. The molecule has 1 aromatic heterocycles. The molecule has 0 amide bonds. The molecule has 0 aromatic carbocycles. The third-order valence-electron chi connectivity index (χ3n) is 2.98. The van der Waals surface area contributed by atoms with Crippen LogP contribution in [0.4, 0.5) is 0 Å². The normalized spacial score (nSPS) is 19.4. The molecule has 1 saturated carbocycles. The Balaban J connectivity index is 1.93. The summed E-state index contributed by atoms with van der Waals surface area (Å²) < 4.78 is 0. The van der Waals surface area contributed by atoms with Gasteiger partial charge in [-0.05, 0) is 18.1 Å². The second-order valence-electron chi connectivity index (χ2n) is 4.89. The molecule has 0 aliphatic heterocycles. The van der Waals surface area contributed by atoms with Crippen LogP contribution in [0.1, 0.15) is 25.6 Å². The van der Waals surface area contributed by atoms with Crippen molar-refractivity contribution in [3.05, 3.63) is 18.5 Å². The second-order valence-corrected chi connectivity index (χ2v) is 4.89. The fraction of sp³-hybridized carbons (Fsp3) is 0.727. The number of aromatic nitrogens is 4. The fourth-order valence-electron chi connectivity index (χ4n) is 1.63. The largest absolute Gasteiger partial charge is 0.313 e. The van der Waals surface area contributed by atoms with Crippen molar-refractivity contribution in [3.63, 3.8) is 0 Å². The highest BCUT2D eigenvalue weighted by atomic mass is 15.6. The number of tetrazole rings is 1. The van der Waals surface area contributed by atoms with E-state index in [2.05, 4.69) is 34.2 Å². The first-order valence-corrected chi connectivity index (χ1v) is 5.71. The number of nitrogens with one attached hydrogen (secondary N) is 1. The molecular formula is C11H19N5. The van der Waals surface area contributed by atoms with E-state index >= 15 is 0 Å². The summed E-state index contributed by atoms with van der Waals surface area (Å²) in [5.74, 6) is 0.780. The molecular weight excluding hydrogens is 202 g/mol. The molecule has 0 spiro atoms. The van der Waals surface area contributed by atoms with Gasteiger partial charge in [0.25, 0.3) is 0 Å². The Bertz CT molecular complexity index is 368. The van der Waals surface area contributed by atoms with Gasteiger partial charge in [0.05, 0.1) is 7.05 Å². The van der Waals surface area contributed by atoms with E-state index in [0.717, 1.165) is 18.8 Å². The Hall–Kier alpha value is -1.23. The van der Waals surface area contributed by atoms with Gasteiger partial charge in [0.2, 0.25) is 0 Å². The van der Waals surface area contributed by atoms with E-state index in [1.54, 1.807) is 7.05 Å². The van der Waals surface area contributed by atoms with Gasteiger partial charge in [0, 0.05) is 24.4 Å². The molecule has 1 atom stereocenters. The Labute approximate surface area is 95.9 Å². The molecule has 1 fully saturated rings. The van der Waals surface area contributed by atoms with Crippen LogP contribution >= 0.6 is 0 Å². The number of nitrogens with zero attached hydrogens (tertiary/aromatic N) is 4. The van der Waals surface area contributed by atoms with Crippen molar-refractivity contribution in [1.82, 2.24) is 25.5 Å². The average Bonchev–Trinajstić information content (AvgIpc) is 3.01. The lowest BCUT2D eigenvalue weighted by Crippen LogP contribution is -2.33. The Morgan fingerprint density at radius 1 is 1.62 bits per heavy atom. The van der Waals surface area contributed by atoms with Crippen LogP contribution in [0, 0.1) is 5.41 Å². The summed E-state index contributed by atoms with van der Waals surface area (Å²) >= 11 is 0. The average molecular weight is 221 g/mol. The molecule has 0 radical (unpaired) electrons. The van der Waals surface area contributed by atoms with E-state index in [1.165, 1.54) is 17.6 Å². The second kappa shape index (κ2) is 4.33. The minimum absolute atomic E-state index is 0.00558. The first-order valence-electron chi connectivity index (χ1n) is 5.71. The predicted molar refractivity (Wildman–Crippen MR) is 61.8 cm³/mol. The topological polar surface area (TPSA) is 55.6 Å². The van der Waals surface area contributed by atoms with Crippen LogP contribution in [0.2, 0.25) is 0 Å². The SMILES string of the molecule is C=CC(C)(CNC1CC1)Cc1nnn(C)n1. The quantitative estimate of drug-likeness (QED) is 0.718. The van der Waals surface area contributed by atoms with Crippen LogP contribution in [0.15, 0.2) is 12.7 Å². The number of rotatable bonds is 6. The first-order chi connectivity index (χ1) is 7.61. The maximum Gasteiger partial charge on any atom is 0.175 e. The van der Waals surface area contributed by atoms with E-state index in [1.807, 2.05) is 6.08 Å². The van der Waals surface area contributed by atoms with Crippen LogP contribution in [0.25, 0.3) is 0 Å². The van der Waals surface area contributed by atoms with Crippen LogP contribution in [-0.4, -0.2) is 32.8 Å².